The highest BCUT2D eigenvalue weighted by atomic mass is 35.5. The number of aromatic amines is 1. The minimum absolute atomic E-state index is 0.0600. The van der Waals surface area contributed by atoms with E-state index in [2.05, 4.69) is 4.98 Å². The van der Waals surface area contributed by atoms with Crippen molar-refractivity contribution in [1.29, 1.82) is 0 Å². The summed E-state index contributed by atoms with van der Waals surface area (Å²) in [5.74, 6) is 0.680. The van der Waals surface area contributed by atoms with Gasteiger partial charge in [-0.15, -0.1) is 0 Å². The monoisotopic (exact) mass is 294 g/mol. The summed E-state index contributed by atoms with van der Waals surface area (Å²) in [4.78, 5) is 26.4. The van der Waals surface area contributed by atoms with Crippen LogP contribution in [0.1, 0.15) is 19.4 Å². The Bertz CT molecular complexity index is 730. The molecule has 2 aromatic rings. The lowest BCUT2D eigenvalue weighted by Crippen LogP contribution is -2.35. The van der Waals surface area contributed by atoms with Gasteiger partial charge in [0, 0.05) is 0 Å². The van der Waals surface area contributed by atoms with Crippen LogP contribution in [0.15, 0.2) is 33.9 Å². The molecule has 0 unspecified atom stereocenters. The van der Waals surface area contributed by atoms with Gasteiger partial charge in [0.15, 0.2) is 0 Å². The number of nitrogens with one attached hydrogen (secondary N) is 1. The highest BCUT2D eigenvalue weighted by Crippen LogP contribution is 2.15. The molecule has 1 aromatic carbocycles. The molecule has 1 heterocycles. The first-order valence-corrected chi connectivity index (χ1v) is 6.56. The van der Waals surface area contributed by atoms with Crippen molar-refractivity contribution >= 4 is 11.6 Å². The summed E-state index contributed by atoms with van der Waals surface area (Å²) >= 11 is 5.77. The minimum Gasteiger partial charge on any atom is -0.491 e. The van der Waals surface area contributed by atoms with Gasteiger partial charge in [0.05, 0.1) is 17.4 Å². The van der Waals surface area contributed by atoms with Gasteiger partial charge in [-0.3, -0.25) is 9.78 Å². The molecule has 0 amide bonds. The second-order valence-electron chi connectivity index (χ2n) is 4.67. The van der Waals surface area contributed by atoms with E-state index >= 15 is 0 Å². The number of hydrogen-bond donors (Lipinski definition) is 1. The standard InChI is InChI=1S/C14H15ClN2O3/c1-8(2)20-11-6-4-10(5-7-11)17-13(18)9(3)12(15)16-14(17)19/h4-8H,1-3H3,(H,16,19). The van der Waals surface area contributed by atoms with Crippen molar-refractivity contribution in [3.05, 3.63) is 55.8 Å². The summed E-state index contributed by atoms with van der Waals surface area (Å²) < 4.78 is 6.56. The van der Waals surface area contributed by atoms with Gasteiger partial charge in [0.25, 0.3) is 5.56 Å². The maximum atomic E-state index is 12.1. The Hall–Kier alpha value is -2.01. The molecule has 0 fully saturated rings. The summed E-state index contributed by atoms with van der Waals surface area (Å²) in [6.45, 7) is 5.41. The van der Waals surface area contributed by atoms with Gasteiger partial charge in [0.2, 0.25) is 0 Å². The quantitative estimate of drug-likeness (QED) is 0.883. The molecule has 0 atom stereocenters. The van der Waals surface area contributed by atoms with Gasteiger partial charge in [-0.2, -0.15) is 0 Å². The first-order valence-electron chi connectivity index (χ1n) is 6.18. The summed E-state index contributed by atoms with van der Waals surface area (Å²) in [5.41, 5.74) is -0.236. The molecular weight excluding hydrogens is 280 g/mol. The molecule has 1 aromatic heterocycles. The van der Waals surface area contributed by atoms with Gasteiger partial charge in [-0.1, -0.05) is 11.6 Å². The van der Waals surface area contributed by atoms with E-state index < -0.39 is 11.2 Å². The van der Waals surface area contributed by atoms with Crippen LogP contribution < -0.4 is 16.0 Å². The van der Waals surface area contributed by atoms with E-state index in [1.54, 1.807) is 31.2 Å². The fourth-order valence-corrected chi connectivity index (χ4v) is 1.94. The largest absolute Gasteiger partial charge is 0.491 e. The first kappa shape index (κ1) is 14.4. The molecule has 0 aliphatic carbocycles. The van der Waals surface area contributed by atoms with Crippen molar-refractivity contribution in [2.24, 2.45) is 0 Å². The van der Waals surface area contributed by atoms with Crippen molar-refractivity contribution in [1.82, 2.24) is 9.55 Å². The van der Waals surface area contributed by atoms with Crippen LogP contribution in [-0.2, 0) is 0 Å². The Kier molecular flexibility index (Phi) is 3.99. The van der Waals surface area contributed by atoms with Crippen molar-refractivity contribution in [3.8, 4) is 11.4 Å². The number of ether oxygens (including phenoxy) is 1. The van der Waals surface area contributed by atoms with Crippen molar-refractivity contribution in [3.63, 3.8) is 0 Å². The molecule has 106 valence electrons. The molecule has 0 saturated carbocycles. The van der Waals surface area contributed by atoms with Gasteiger partial charge in [-0.25, -0.2) is 9.36 Å². The number of benzene rings is 1. The maximum Gasteiger partial charge on any atom is 0.334 e. The molecule has 0 aliphatic heterocycles. The normalized spacial score (nSPS) is 10.8. The van der Waals surface area contributed by atoms with E-state index in [1.165, 1.54) is 0 Å². The summed E-state index contributed by atoms with van der Waals surface area (Å²) in [6, 6.07) is 6.74. The van der Waals surface area contributed by atoms with E-state index in [1.807, 2.05) is 13.8 Å². The zero-order chi connectivity index (χ0) is 14.9. The van der Waals surface area contributed by atoms with E-state index in [-0.39, 0.29) is 11.3 Å². The highest BCUT2D eigenvalue weighted by molar-refractivity contribution is 6.30. The van der Waals surface area contributed by atoms with Crippen LogP contribution in [0, 0.1) is 6.92 Å². The smallest absolute Gasteiger partial charge is 0.334 e. The topological polar surface area (TPSA) is 64.1 Å². The number of rotatable bonds is 3. The third-order valence-corrected chi connectivity index (χ3v) is 3.12. The van der Waals surface area contributed by atoms with Crippen LogP contribution in [0.25, 0.3) is 5.69 Å². The third kappa shape index (κ3) is 2.77. The second kappa shape index (κ2) is 5.54. The van der Waals surface area contributed by atoms with Crippen LogP contribution in [0.5, 0.6) is 5.75 Å². The second-order valence-corrected chi connectivity index (χ2v) is 5.05. The molecule has 0 aliphatic rings. The molecule has 1 N–H and O–H groups in total. The lowest BCUT2D eigenvalue weighted by Gasteiger charge is -2.11. The lowest BCUT2D eigenvalue weighted by molar-refractivity contribution is 0.242. The Balaban J connectivity index is 2.50. The molecule has 0 radical (unpaired) electrons. The number of hydrogen-bond acceptors (Lipinski definition) is 3. The predicted octanol–water partition coefficient (Wildman–Crippen LogP) is 2.27. The van der Waals surface area contributed by atoms with Gasteiger partial charge in [0.1, 0.15) is 10.9 Å². The predicted molar refractivity (Wildman–Crippen MR) is 78.2 cm³/mol. The molecule has 0 spiro atoms. The molecule has 6 heteroatoms. The fraction of sp³-hybridized carbons (Fsp3) is 0.286. The average molecular weight is 295 g/mol. The van der Waals surface area contributed by atoms with Gasteiger partial charge >= 0.3 is 5.69 Å². The Morgan fingerprint density at radius 1 is 1.20 bits per heavy atom. The number of halogens is 1. The third-order valence-electron chi connectivity index (χ3n) is 2.74. The van der Waals surface area contributed by atoms with E-state index in [0.717, 1.165) is 4.57 Å². The Labute approximate surface area is 120 Å². The number of nitrogens with zero attached hydrogens (tertiary/aromatic N) is 1. The van der Waals surface area contributed by atoms with Crippen LogP contribution in [-0.4, -0.2) is 15.7 Å². The van der Waals surface area contributed by atoms with E-state index in [0.29, 0.717) is 17.0 Å². The van der Waals surface area contributed by atoms with Crippen LogP contribution >= 0.6 is 11.6 Å². The molecular formula is C14H15ClN2O3. The van der Waals surface area contributed by atoms with Crippen molar-refractivity contribution in [2.75, 3.05) is 0 Å². The van der Waals surface area contributed by atoms with Crippen LogP contribution in [0.4, 0.5) is 0 Å². The van der Waals surface area contributed by atoms with Gasteiger partial charge < -0.3 is 4.74 Å². The molecule has 0 bridgehead atoms. The van der Waals surface area contributed by atoms with Crippen molar-refractivity contribution in [2.45, 2.75) is 26.9 Å². The number of H-pyrrole nitrogens is 1. The first-order chi connectivity index (χ1) is 9.40. The van der Waals surface area contributed by atoms with Crippen LogP contribution in [0.2, 0.25) is 5.15 Å². The molecule has 20 heavy (non-hydrogen) atoms. The van der Waals surface area contributed by atoms with E-state index in [4.69, 9.17) is 16.3 Å². The summed E-state index contributed by atoms with van der Waals surface area (Å²) in [6.07, 6.45) is 0.0600. The Morgan fingerprint density at radius 2 is 1.80 bits per heavy atom. The fourth-order valence-electron chi connectivity index (χ4n) is 1.78. The average Bonchev–Trinajstić information content (AvgIpc) is 2.37. The van der Waals surface area contributed by atoms with Crippen LogP contribution in [0.3, 0.4) is 0 Å². The minimum atomic E-state index is -0.567. The Morgan fingerprint density at radius 3 is 2.35 bits per heavy atom. The zero-order valence-corrected chi connectivity index (χ0v) is 12.2. The van der Waals surface area contributed by atoms with E-state index in [9.17, 15) is 9.59 Å². The molecule has 0 saturated heterocycles. The van der Waals surface area contributed by atoms with Gasteiger partial charge in [-0.05, 0) is 45.0 Å². The SMILES string of the molecule is Cc1c(Cl)[nH]c(=O)n(-c2ccc(OC(C)C)cc2)c1=O. The lowest BCUT2D eigenvalue weighted by atomic mass is 10.3. The van der Waals surface area contributed by atoms with Crippen molar-refractivity contribution < 1.29 is 4.74 Å². The molecule has 2 rings (SSSR count). The zero-order valence-electron chi connectivity index (χ0n) is 11.4. The molecule has 5 nitrogen and oxygen atoms in total. The maximum absolute atomic E-state index is 12.1. The summed E-state index contributed by atoms with van der Waals surface area (Å²) in [7, 11) is 0. The highest BCUT2D eigenvalue weighted by Gasteiger charge is 2.10. The number of aromatic nitrogens is 2. The summed E-state index contributed by atoms with van der Waals surface area (Å²) in [5, 5.41) is 0.0658.